The first-order valence-corrected chi connectivity index (χ1v) is 7.62. The summed E-state index contributed by atoms with van der Waals surface area (Å²) in [5.74, 6) is 0.00549. The molecule has 0 aromatic rings. The molecule has 0 radical (unpaired) electrons. The molecule has 0 bridgehead atoms. The van der Waals surface area contributed by atoms with E-state index in [4.69, 9.17) is 11.6 Å². The molecule has 0 aromatic heterocycles. The summed E-state index contributed by atoms with van der Waals surface area (Å²) in [5.41, 5.74) is 0.707. The Kier molecular flexibility index (Phi) is 3.36. The zero-order valence-electron chi connectivity index (χ0n) is 11.8. The third-order valence-electron chi connectivity index (χ3n) is 4.06. The maximum absolute atomic E-state index is 12.7. The van der Waals surface area contributed by atoms with Crippen molar-refractivity contribution < 1.29 is 9.59 Å². The van der Waals surface area contributed by atoms with Crippen molar-refractivity contribution in [2.45, 2.75) is 51.6 Å². The van der Waals surface area contributed by atoms with Gasteiger partial charge in [0.15, 0.2) is 0 Å². The molecule has 1 aliphatic heterocycles. The van der Waals surface area contributed by atoms with Gasteiger partial charge in [0.2, 0.25) is 0 Å². The summed E-state index contributed by atoms with van der Waals surface area (Å²) in [4.78, 5) is 28.3. The molecule has 1 unspecified atom stereocenters. The highest BCUT2D eigenvalue weighted by Crippen LogP contribution is 2.39. The summed E-state index contributed by atoms with van der Waals surface area (Å²) < 4.78 is 0. The average molecular weight is 295 g/mol. The lowest BCUT2D eigenvalue weighted by molar-refractivity contribution is -0.129. The van der Waals surface area contributed by atoms with Crippen LogP contribution in [0.25, 0.3) is 0 Å². The maximum Gasteiger partial charge on any atom is 0.332 e. The van der Waals surface area contributed by atoms with E-state index in [0.717, 1.165) is 25.7 Å². The molecular formula is C15H19ClN2O2. The van der Waals surface area contributed by atoms with Crippen molar-refractivity contribution in [3.63, 3.8) is 0 Å². The second kappa shape index (κ2) is 4.92. The number of urea groups is 1. The van der Waals surface area contributed by atoms with Crippen molar-refractivity contribution >= 4 is 23.5 Å². The fourth-order valence-electron chi connectivity index (χ4n) is 2.93. The molecule has 1 atom stereocenters. The minimum absolute atomic E-state index is 0.0663. The fourth-order valence-corrected chi connectivity index (χ4v) is 3.21. The van der Waals surface area contributed by atoms with Crippen LogP contribution in [-0.2, 0) is 4.79 Å². The SMILES string of the molecule is CC(C)C1C(=O)N(C2CC2)C(=O)N1C1=CCCC=C1Cl. The number of imide groups is 1. The van der Waals surface area contributed by atoms with E-state index < -0.39 is 6.04 Å². The normalized spacial score (nSPS) is 27.3. The third-order valence-corrected chi connectivity index (χ3v) is 4.40. The molecule has 0 N–H and O–H groups in total. The van der Waals surface area contributed by atoms with Gasteiger partial charge in [0.25, 0.3) is 5.91 Å². The number of carbonyl (C=O) groups is 2. The molecule has 1 heterocycles. The van der Waals surface area contributed by atoms with Gasteiger partial charge in [-0.15, -0.1) is 0 Å². The maximum atomic E-state index is 12.7. The number of nitrogens with zero attached hydrogens (tertiary/aromatic N) is 2. The van der Waals surface area contributed by atoms with E-state index in [0.29, 0.717) is 10.7 Å². The van der Waals surface area contributed by atoms with Crippen LogP contribution in [0.1, 0.15) is 39.5 Å². The lowest BCUT2D eigenvalue weighted by Crippen LogP contribution is -2.38. The molecule has 108 valence electrons. The summed E-state index contributed by atoms with van der Waals surface area (Å²) in [5, 5.41) is 0.584. The molecule has 4 nitrogen and oxygen atoms in total. The van der Waals surface area contributed by atoms with Crippen LogP contribution >= 0.6 is 11.6 Å². The van der Waals surface area contributed by atoms with E-state index in [2.05, 4.69) is 0 Å². The summed E-state index contributed by atoms with van der Waals surface area (Å²) in [6.07, 6.45) is 7.50. The minimum Gasteiger partial charge on any atom is -0.280 e. The minimum atomic E-state index is -0.422. The Morgan fingerprint density at radius 3 is 2.35 bits per heavy atom. The molecule has 1 saturated heterocycles. The molecule has 3 rings (SSSR count). The Bertz CT molecular complexity index is 520. The number of allylic oxidation sites excluding steroid dienone is 3. The van der Waals surface area contributed by atoms with Crippen LogP contribution < -0.4 is 0 Å². The van der Waals surface area contributed by atoms with E-state index in [-0.39, 0.29) is 23.9 Å². The monoisotopic (exact) mass is 294 g/mol. The van der Waals surface area contributed by atoms with Crippen molar-refractivity contribution in [2.24, 2.45) is 5.92 Å². The Morgan fingerprint density at radius 1 is 1.15 bits per heavy atom. The van der Waals surface area contributed by atoms with Crippen LogP contribution in [0.5, 0.6) is 0 Å². The number of amides is 3. The standard InChI is InChI=1S/C15H19ClN2O2/c1-9(2)13-14(19)17(10-7-8-10)15(20)18(13)12-6-4-3-5-11(12)16/h5-6,9-10,13H,3-4,7-8H2,1-2H3. The second-order valence-electron chi connectivity index (χ2n) is 6.00. The van der Waals surface area contributed by atoms with Crippen LogP contribution in [0, 0.1) is 5.92 Å². The van der Waals surface area contributed by atoms with Crippen molar-refractivity contribution in [1.29, 1.82) is 0 Å². The smallest absolute Gasteiger partial charge is 0.280 e. The second-order valence-corrected chi connectivity index (χ2v) is 6.41. The molecule has 1 saturated carbocycles. The molecule has 2 aliphatic carbocycles. The molecule has 3 amide bonds. The summed E-state index contributed by atoms with van der Waals surface area (Å²) in [6.45, 7) is 3.94. The van der Waals surface area contributed by atoms with E-state index in [1.54, 1.807) is 4.90 Å². The molecule has 5 heteroatoms. The largest absolute Gasteiger partial charge is 0.332 e. The van der Waals surface area contributed by atoms with Gasteiger partial charge in [-0.2, -0.15) is 0 Å². The van der Waals surface area contributed by atoms with E-state index in [1.165, 1.54) is 4.90 Å². The van der Waals surface area contributed by atoms with Gasteiger partial charge in [-0.05, 0) is 31.6 Å². The first-order valence-electron chi connectivity index (χ1n) is 7.25. The number of hydrogen-bond acceptors (Lipinski definition) is 2. The van der Waals surface area contributed by atoms with Crippen LogP contribution in [0.15, 0.2) is 22.9 Å². The van der Waals surface area contributed by atoms with Crippen LogP contribution in [-0.4, -0.2) is 33.8 Å². The van der Waals surface area contributed by atoms with E-state index in [1.807, 2.05) is 26.0 Å². The first kappa shape index (κ1) is 13.7. The highest BCUT2D eigenvalue weighted by atomic mass is 35.5. The Hall–Kier alpha value is -1.29. The van der Waals surface area contributed by atoms with Crippen molar-refractivity contribution in [1.82, 2.24) is 9.80 Å². The zero-order valence-corrected chi connectivity index (χ0v) is 12.6. The van der Waals surface area contributed by atoms with Crippen LogP contribution in [0.2, 0.25) is 0 Å². The van der Waals surface area contributed by atoms with Gasteiger partial charge in [-0.3, -0.25) is 14.6 Å². The Morgan fingerprint density at radius 2 is 1.80 bits per heavy atom. The highest BCUT2D eigenvalue weighted by Gasteiger charge is 2.53. The van der Waals surface area contributed by atoms with E-state index in [9.17, 15) is 9.59 Å². The zero-order chi connectivity index (χ0) is 14.4. The summed E-state index contributed by atoms with van der Waals surface area (Å²) >= 11 is 6.26. The van der Waals surface area contributed by atoms with Gasteiger partial charge in [0.05, 0.1) is 10.7 Å². The van der Waals surface area contributed by atoms with Crippen LogP contribution in [0.4, 0.5) is 4.79 Å². The quantitative estimate of drug-likeness (QED) is 0.750. The molecule has 20 heavy (non-hydrogen) atoms. The van der Waals surface area contributed by atoms with Gasteiger partial charge >= 0.3 is 6.03 Å². The summed E-state index contributed by atoms with van der Waals surface area (Å²) in [6, 6.07) is -0.515. The molecular weight excluding hydrogens is 276 g/mol. The van der Waals surface area contributed by atoms with Gasteiger partial charge in [-0.1, -0.05) is 37.6 Å². The van der Waals surface area contributed by atoms with Crippen molar-refractivity contribution in [3.05, 3.63) is 22.9 Å². The average Bonchev–Trinajstić information content (AvgIpc) is 3.17. The van der Waals surface area contributed by atoms with Gasteiger partial charge in [0, 0.05) is 6.04 Å². The third kappa shape index (κ3) is 2.06. The molecule has 2 fully saturated rings. The fraction of sp³-hybridized carbons (Fsp3) is 0.600. The predicted octanol–water partition coefficient (Wildman–Crippen LogP) is 3.24. The lowest BCUT2D eigenvalue weighted by atomic mass is 10.0. The van der Waals surface area contributed by atoms with Crippen LogP contribution in [0.3, 0.4) is 0 Å². The van der Waals surface area contributed by atoms with Crippen molar-refractivity contribution in [3.8, 4) is 0 Å². The molecule has 0 aromatic carbocycles. The van der Waals surface area contributed by atoms with E-state index >= 15 is 0 Å². The number of rotatable bonds is 3. The summed E-state index contributed by atoms with van der Waals surface area (Å²) in [7, 11) is 0. The number of carbonyl (C=O) groups excluding carboxylic acids is 2. The highest BCUT2D eigenvalue weighted by molar-refractivity contribution is 6.32. The predicted molar refractivity (Wildman–Crippen MR) is 77.0 cm³/mol. The Labute approximate surface area is 124 Å². The number of hydrogen-bond donors (Lipinski definition) is 0. The molecule has 3 aliphatic rings. The Balaban J connectivity index is 1.98. The van der Waals surface area contributed by atoms with Crippen molar-refractivity contribution in [2.75, 3.05) is 0 Å². The molecule has 0 spiro atoms. The van der Waals surface area contributed by atoms with Gasteiger partial charge in [0.1, 0.15) is 6.04 Å². The first-order chi connectivity index (χ1) is 9.52. The van der Waals surface area contributed by atoms with Gasteiger partial charge < -0.3 is 0 Å². The number of halogens is 1. The van der Waals surface area contributed by atoms with Gasteiger partial charge in [-0.25, -0.2) is 4.79 Å². The topological polar surface area (TPSA) is 40.6 Å². The lowest BCUT2D eigenvalue weighted by Gasteiger charge is -2.28.